The van der Waals surface area contributed by atoms with Crippen LogP contribution >= 0.6 is 22.6 Å². The van der Waals surface area contributed by atoms with E-state index < -0.39 is 0 Å². The fourth-order valence-corrected chi connectivity index (χ4v) is 9.60. The summed E-state index contributed by atoms with van der Waals surface area (Å²) < 4.78 is 8.12. The monoisotopic (exact) mass is 657 g/mol. The Balaban J connectivity index is 1.42. The third-order valence-corrected chi connectivity index (χ3v) is 11.0. The maximum absolute atomic E-state index is 7.13. The third kappa shape index (κ3) is 3.19. The Hall–Kier alpha value is -3.41. The molecule has 5 aromatic rings. The zero-order chi connectivity index (χ0) is 28.1. The van der Waals surface area contributed by atoms with Crippen LogP contribution < -0.4 is 4.74 Å². The molecule has 42 heavy (non-hydrogen) atoms. The van der Waals surface area contributed by atoms with E-state index in [-0.39, 0.29) is 23.7 Å². The van der Waals surface area contributed by atoms with Gasteiger partial charge in [0, 0.05) is 45.8 Å². The van der Waals surface area contributed by atoms with Gasteiger partial charge in [-0.05, 0) is 75.3 Å². The van der Waals surface area contributed by atoms with Crippen LogP contribution in [0.15, 0.2) is 97.1 Å². The predicted molar refractivity (Wildman–Crippen MR) is 178 cm³/mol. The van der Waals surface area contributed by atoms with Gasteiger partial charge < -0.3 is 9.64 Å². The number of rotatable bonds is 5. The minimum Gasteiger partial charge on any atom is -0.492 e. The van der Waals surface area contributed by atoms with E-state index in [0.717, 1.165) is 16.7 Å². The summed E-state index contributed by atoms with van der Waals surface area (Å²) in [4.78, 5) is 2.23. The van der Waals surface area contributed by atoms with Gasteiger partial charge in [-0.2, -0.15) is 0 Å². The second-order valence-electron chi connectivity index (χ2n) is 12.5. The Kier molecular flexibility index (Phi) is 5.56. The molecule has 5 aromatic carbocycles. The largest absolute Gasteiger partial charge is 0.492 e. The lowest BCUT2D eigenvalue weighted by atomic mass is 9.54. The molecule has 0 spiro atoms. The average molecular weight is 658 g/mol. The van der Waals surface area contributed by atoms with Crippen molar-refractivity contribution in [3.05, 3.63) is 169 Å². The lowest BCUT2D eigenvalue weighted by molar-refractivity contribution is 0.255. The standard InChI is InChI=1S/C39H32INO/c1-41(2)19-20-42-39-37-33-26-15-7-3-11-22(26)31(23-12-4-8-16-27(23)33)35(37)30(21-40)36-32-24-13-5-9-17-28(24)34(38(36)39)29-18-10-6-14-25(29)32/h3-18,31-34H,19-21H2,1-2H3. The second-order valence-corrected chi connectivity index (χ2v) is 13.3. The number of likely N-dealkylation sites (N-methyl/N-ethyl adjacent to an activating group) is 1. The average Bonchev–Trinajstić information content (AvgIpc) is 3.03. The Morgan fingerprint density at radius 1 is 0.524 bits per heavy atom. The lowest BCUT2D eigenvalue weighted by Crippen LogP contribution is -2.35. The van der Waals surface area contributed by atoms with Crippen molar-refractivity contribution >= 4 is 22.6 Å². The molecule has 0 amide bonds. The summed E-state index contributed by atoms with van der Waals surface area (Å²) in [5, 5.41) is 0. The van der Waals surface area contributed by atoms with Crippen molar-refractivity contribution in [1.82, 2.24) is 4.90 Å². The molecule has 0 heterocycles. The number of benzene rings is 5. The van der Waals surface area contributed by atoms with Crippen LogP contribution in [0.4, 0.5) is 0 Å². The molecule has 0 unspecified atom stereocenters. The molecule has 0 saturated heterocycles. The van der Waals surface area contributed by atoms with Gasteiger partial charge in [0.2, 0.25) is 0 Å². The Morgan fingerprint density at radius 3 is 1.12 bits per heavy atom. The van der Waals surface area contributed by atoms with Gasteiger partial charge in [0.15, 0.2) is 0 Å². The first kappa shape index (κ1) is 25.1. The molecule has 0 atom stereocenters. The molecule has 206 valence electrons. The van der Waals surface area contributed by atoms with E-state index in [9.17, 15) is 0 Å². The first-order valence-electron chi connectivity index (χ1n) is 15.1. The SMILES string of the molecule is CN(C)CCOc1c2c(c(CI)c3c1C1c4ccccc4C3c3ccccc31)C1c3ccccc3C2c2ccccc21. The normalized spacial score (nSPS) is 21.2. The molecule has 0 saturated carbocycles. The van der Waals surface area contributed by atoms with Crippen LogP contribution in [0.1, 0.15) is 96.0 Å². The molecule has 0 N–H and O–H groups in total. The van der Waals surface area contributed by atoms with Gasteiger partial charge in [0.1, 0.15) is 12.4 Å². The van der Waals surface area contributed by atoms with Crippen molar-refractivity contribution in [1.29, 1.82) is 0 Å². The van der Waals surface area contributed by atoms with Crippen LogP contribution in [-0.2, 0) is 4.43 Å². The summed E-state index contributed by atoms with van der Waals surface area (Å²) in [6, 6.07) is 36.8. The number of ether oxygens (including phenoxy) is 1. The highest BCUT2D eigenvalue weighted by Crippen LogP contribution is 2.66. The van der Waals surface area contributed by atoms with Crippen molar-refractivity contribution in [2.24, 2.45) is 0 Å². The Labute approximate surface area is 261 Å². The second kappa shape index (κ2) is 9.29. The van der Waals surface area contributed by atoms with Crippen LogP contribution in [0, 0.1) is 0 Å². The Bertz CT molecular complexity index is 1700. The molecule has 4 bridgehead atoms. The molecular weight excluding hydrogens is 625 g/mol. The predicted octanol–water partition coefficient (Wildman–Crippen LogP) is 8.54. The van der Waals surface area contributed by atoms with E-state index in [2.05, 4.69) is 139 Å². The van der Waals surface area contributed by atoms with Crippen molar-refractivity contribution < 1.29 is 4.74 Å². The molecule has 6 aliphatic carbocycles. The summed E-state index contributed by atoms with van der Waals surface area (Å²) in [6.07, 6.45) is 0. The minimum absolute atomic E-state index is 0.185. The molecule has 6 aliphatic rings. The molecule has 0 aliphatic heterocycles. The van der Waals surface area contributed by atoms with Gasteiger partial charge in [-0.1, -0.05) is 120 Å². The van der Waals surface area contributed by atoms with Crippen LogP contribution in [0.3, 0.4) is 0 Å². The maximum Gasteiger partial charge on any atom is 0.128 e. The number of nitrogens with zero attached hydrogens (tertiary/aromatic N) is 1. The smallest absolute Gasteiger partial charge is 0.128 e. The summed E-state index contributed by atoms with van der Waals surface area (Å²) in [6.45, 7) is 1.57. The van der Waals surface area contributed by atoms with Crippen LogP contribution in [0.2, 0.25) is 0 Å². The van der Waals surface area contributed by atoms with E-state index >= 15 is 0 Å². The first-order valence-corrected chi connectivity index (χ1v) is 16.6. The highest BCUT2D eigenvalue weighted by Gasteiger charge is 2.50. The van der Waals surface area contributed by atoms with Crippen molar-refractivity contribution in [3.8, 4) is 5.75 Å². The molecule has 2 nitrogen and oxygen atoms in total. The molecule has 11 rings (SSSR count). The fraction of sp³-hybridized carbons (Fsp3) is 0.231. The van der Waals surface area contributed by atoms with E-state index in [0.29, 0.717) is 6.61 Å². The maximum atomic E-state index is 7.13. The lowest BCUT2D eigenvalue weighted by Gasteiger charge is -2.49. The van der Waals surface area contributed by atoms with E-state index in [4.69, 9.17) is 4.74 Å². The summed E-state index contributed by atoms with van der Waals surface area (Å²) >= 11 is 2.65. The van der Waals surface area contributed by atoms with Gasteiger partial charge in [0.05, 0.1) is 0 Å². The summed E-state index contributed by atoms with van der Waals surface area (Å²) in [7, 11) is 4.27. The zero-order valence-corrected chi connectivity index (χ0v) is 26.1. The van der Waals surface area contributed by atoms with E-state index in [1.54, 1.807) is 5.56 Å². The van der Waals surface area contributed by atoms with Crippen LogP contribution in [0.25, 0.3) is 0 Å². The van der Waals surface area contributed by atoms with Crippen molar-refractivity contribution in [3.63, 3.8) is 0 Å². The summed E-state index contributed by atoms with van der Waals surface area (Å²) in [5.41, 5.74) is 19.1. The van der Waals surface area contributed by atoms with Crippen LogP contribution in [0.5, 0.6) is 5.75 Å². The van der Waals surface area contributed by atoms with Crippen molar-refractivity contribution in [2.75, 3.05) is 27.2 Å². The summed E-state index contributed by atoms with van der Waals surface area (Å²) in [5.74, 6) is 1.99. The quantitative estimate of drug-likeness (QED) is 0.136. The molecule has 0 fully saturated rings. The third-order valence-electron chi connectivity index (χ3n) is 10.3. The highest BCUT2D eigenvalue weighted by molar-refractivity contribution is 14.1. The number of halogens is 1. The number of alkyl halides is 1. The van der Waals surface area contributed by atoms with E-state index in [1.165, 1.54) is 66.8 Å². The molecular formula is C39H32INO. The van der Waals surface area contributed by atoms with Crippen LogP contribution in [-0.4, -0.2) is 32.1 Å². The van der Waals surface area contributed by atoms with Gasteiger partial charge in [-0.15, -0.1) is 0 Å². The molecule has 0 aromatic heterocycles. The van der Waals surface area contributed by atoms with E-state index in [1.807, 2.05) is 0 Å². The van der Waals surface area contributed by atoms with Gasteiger partial charge in [0.25, 0.3) is 0 Å². The van der Waals surface area contributed by atoms with Gasteiger partial charge in [-0.25, -0.2) is 0 Å². The van der Waals surface area contributed by atoms with Crippen molar-refractivity contribution in [2.45, 2.75) is 28.1 Å². The Morgan fingerprint density at radius 2 is 0.833 bits per heavy atom. The van der Waals surface area contributed by atoms with Gasteiger partial charge >= 0.3 is 0 Å². The highest BCUT2D eigenvalue weighted by atomic mass is 127. The zero-order valence-electron chi connectivity index (χ0n) is 23.9. The first-order chi connectivity index (χ1) is 20.7. The topological polar surface area (TPSA) is 12.5 Å². The number of hydrogen-bond donors (Lipinski definition) is 0. The number of hydrogen-bond acceptors (Lipinski definition) is 2. The molecule has 0 radical (unpaired) electrons. The minimum atomic E-state index is 0.185. The fourth-order valence-electron chi connectivity index (χ4n) is 8.78. The van der Waals surface area contributed by atoms with Gasteiger partial charge in [-0.3, -0.25) is 0 Å². The molecule has 3 heteroatoms.